The van der Waals surface area contributed by atoms with E-state index in [1.54, 1.807) is 7.11 Å². The average Bonchev–Trinajstić information content (AvgIpc) is 2.20. The normalized spacial score (nSPS) is 10.3. The molecule has 1 unspecified atom stereocenters. The number of methoxy groups -OCH3 is 1. The van der Waals surface area contributed by atoms with Gasteiger partial charge in [0.25, 0.3) is 0 Å². The van der Waals surface area contributed by atoms with Crippen molar-refractivity contribution >= 4 is 0 Å². The van der Waals surface area contributed by atoms with Crippen LogP contribution in [-0.2, 0) is 37.4 Å². The predicted molar refractivity (Wildman–Crippen MR) is 71.8 cm³/mol. The summed E-state index contributed by atoms with van der Waals surface area (Å²) in [6.07, 6.45) is 3.37. The summed E-state index contributed by atoms with van der Waals surface area (Å²) in [7, 11) is 1.71. The van der Waals surface area contributed by atoms with Crippen molar-refractivity contribution in [3.05, 3.63) is 13.8 Å². The van der Waals surface area contributed by atoms with Crippen molar-refractivity contribution in [2.75, 3.05) is 13.7 Å². The average molecular weight is 305 g/mol. The maximum absolute atomic E-state index is 4.69. The summed E-state index contributed by atoms with van der Waals surface area (Å²) < 4.78 is 4.69. The monoisotopic (exact) mass is 305 g/mol. The molecule has 0 aromatic heterocycles. The molecule has 2 heteroatoms. The summed E-state index contributed by atoms with van der Waals surface area (Å²) in [4.78, 5) is 0. The van der Waals surface area contributed by atoms with Gasteiger partial charge in [0.2, 0.25) is 0 Å². The Labute approximate surface area is 130 Å². The Hall–Kier alpha value is 1.06. The van der Waals surface area contributed by atoms with E-state index in [4.69, 9.17) is 4.74 Å². The Morgan fingerprint density at radius 3 is 1.44 bits per heavy atom. The van der Waals surface area contributed by atoms with Crippen molar-refractivity contribution in [1.29, 1.82) is 0 Å². The first-order valence-electron chi connectivity index (χ1n) is 6.07. The van der Waals surface area contributed by atoms with E-state index in [0.29, 0.717) is 5.92 Å². The Balaban J connectivity index is -0.0000000655. The van der Waals surface area contributed by atoms with Crippen molar-refractivity contribution in [3.8, 4) is 0 Å². The van der Waals surface area contributed by atoms with Gasteiger partial charge in [0.1, 0.15) is 0 Å². The number of rotatable bonds is 4. The molecule has 99 valence electrons. The van der Waals surface area contributed by atoms with Crippen LogP contribution in [0.4, 0.5) is 0 Å². The minimum Gasteiger partial charge on any atom is -0.385 e. The minimum atomic E-state index is 0. The van der Waals surface area contributed by atoms with Gasteiger partial charge in [-0.05, 0) is 12.3 Å². The van der Waals surface area contributed by atoms with Crippen molar-refractivity contribution in [3.63, 3.8) is 0 Å². The van der Waals surface area contributed by atoms with E-state index in [0.717, 1.165) is 25.4 Å². The predicted octanol–water partition coefficient (Wildman–Crippen LogP) is 4.77. The zero-order valence-electron chi connectivity index (χ0n) is 12.4. The molecular weight excluding hydrogens is 273 g/mol. The summed E-state index contributed by atoms with van der Waals surface area (Å²) in [5, 5.41) is 0. The largest absolute Gasteiger partial charge is 0.385 e. The van der Waals surface area contributed by atoms with Crippen molar-refractivity contribution in [2.24, 2.45) is 11.8 Å². The maximum Gasteiger partial charge on any atom is 0.0459 e. The molecule has 0 spiro atoms. The molecule has 0 bridgehead atoms. The smallest absolute Gasteiger partial charge is 0.0459 e. The summed E-state index contributed by atoms with van der Waals surface area (Å²) in [6.45, 7) is 19.0. The second-order valence-corrected chi connectivity index (χ2v) is 4.19. The van der Waals surface area contributed by atoms with Gasteiger partial charge < -0.3 is 18.6 Å². The third kappa shape index (κ3) is 59.7. The first-order valence-corrected chi connectivity index (χ1v) is 6.07. The summed E-state index contributed by atoms with van der Waals surface area (Å²) in [6, 6.07) is 0. The fraction of sp³-hybridized carbons (Fsp3) is 0.857. The third-order valence-corrected chi connectivity index (χ3v) is 1.72. The second kappa shape index (κ2) is 25.0. The molecular formula is C14H32OY-2. The van der Waals surface area contributed by atoms with E-state index in [9.17, 15) is 0 Å². The molecule has 16 heavy (non-hydrogen) atoms. The topological polar surface area (TPSA) is 9.23 Å². The second-order valence-electron chi connectivity index (χ2n) is 4.19. The Bertz CT molecular complexity index is 72.8. The zero-order chi connectivity index (χ0) is 12.7. The van der Waals surface area contributed by atoms with Crippen LogP contribution in [0, 0.1) is 25.7 Å². The number of hydrogen-bond acceptors (Lipinski definition) is 1. The summed E-state index contributed by atoms with van der Waals surface area (Å²) >= 11 is 0. The first-order chi connectivity index (χ1) is 6.95. The van der Waals surface area contributed by atoms with Crippen molar-refractivity contribution < 1.29 is 37.4 Å². The maximum atomic E-state index is 4.69. The van der Waals surface area contributed by atoms with Crippen LogP contribution in [0.1, 0.15) is 53.9 Å². The fourth-order valence-corrected chi connectivity index (χ4v) is 0.204. The molecule has 0 amide bonds. The minimum absolute atomic E-state index is 0. The Kier molecular flexibility index (Phi) is 40.4. The summed E-state index contributed by atoms with van der Waals surface area (Å²) in [5.41, 5.74) is 0. The van der Waals surface area contributed by atoms with Crippen LogP contribution in [0.3, 0.4) is 0 Å². The van der Waals surface area contributed by atoms with E-state index in [1.165, 1.54) is 6.42 Å². The van der Waals surface area contributed by atoms with Crippen LogP contribution in [0.25, 0.3) is 0 Å². The Morgan fingerprint density at radius 1 is 1.12 bits per heavy atom. The SMILES string of the molecule is CCC(C)C.CCCOC.[CH2-]CC([CH2-])C.[Y]. The fourth-order valence-electron chi connectivity index (χ4n) is 0.204. The summed E-state index contributed by atoms with van der Waals surface area (Å²) in [5.74, 6) is 1.41. The molecule has 1 radical (unpaired) electrons. The van der Waals surface area contributed by atoms with E-state index in [1.807, 2.05) is 6.92 Å². The van der Waals surface area contributed by atoms with Crippen molar-refractivity contribution in [1.82, 2.24) is 0 Å². The number of ether oxygens (including phenoxy) is 1. The Morgan fingerprint density at radius 2 is 1.44 bits per heavy atom. The van der Waals surface area contributed by atoms with Gasteiger partial charge in [-0.15, -0.1) is 0 Å². The third-order valence-electron chi connectivity index (χ3n) is 1.72. The molecule has 0 aliphatic rings. The molecule has 0 saturated carbocycles. The molecule has 0 aromatic carbocycles. The quantitative estimate of drug-likeness (QED) is 0.680. The zero-order valence-corrected chi connectivity index (χ0v) is 15.2. The van der Waals surface area contributed by atoms with Gasteiger partial charge in [-0.25, -0.2) is 12.3 Å². The van der Waals surface area contributed by atoms with Gasteiger partial charge in [0.15, 0.2) is 0 Å². The molecule has 0 aromatic rings. The van der Waals surface area contributed by atoms with Crippen molar-refractivity contribution in [2.45, 2.75) is 53.9 Å². The molecule has 1 nitrogen and oxygen atoms in total. The van der Waals surface area contributed by atoms with Gasteiger partial charge in [0.05, 0.1) is 0 Å². The molecule has 0 N–H and O–H groups in total. The molecule has 0 saturated heterocycles. The van der Waals surface area contributed by atoms with E-state index in [-0.39, 0.29) is 32.7 Å². The van der Waals surface area contributed by atoms with Gasteiger partial charge in [-0.1, -0.05) is 41.0 Å². The molecule has 0 heterocycles. The van der Waals surface area contributed by atoms with Crippen LogP contribution in [0.2, 0.25) is 0 Å². The standard InChI is InChI=1S/C5H12.C5H10.C4H10O.Y/c2*1-4-5(2)3;1-3-4-5-2;/h5H,4H2,1-3H3;5H,1-2,4H2,3H3;3-4H2,1-2H3;/q;-2;;. The van der Waals surface area contributed by atoms with Crippen LogP contribution in [-0.4, -0.2) is 13.7 Å². The van der Waals surface area contributed by atoms with Crippen LogP contribution >= 0.6 is 0 Å². The van der Waals surface area contributed by atoms with Gasteiger partial charge in [-0.3, -0.25) is 0 Å². The van der Waals surface area contributed by atoms with Gasteiger partial charge >= 0.3 is 0 Å². The van der Waals surface area contributed by atoms with Gasteiger partial charge in [0, 0.05) is 46.4 Å². The van der Waals surface area contributed by atoms with E-state index in [2.05, 4.69) is 41.5 Å². The molecule has 0 fully saturated rings. The van der Waals surface area contributed by atoms with Crippen LogP contribution in [0.5, 0.6) is 0 Å². The number of hydrogen-bond donors (Lipinski definition) is 0. The van der Waals surface area contributed by atoms with Crippen LogP contribution < -0.4 is 0 Å². The van der Waals surface area contributed by atoms with Crippen LogP contribution in [0.15, 0.2) is 0 Å². The van der Waals surface area contributed by atoms with E-state index >= 15 is 0 Å². The molecule has 0 rings (SSSR count). The molecule has 0 aliphatic heterocycles. The molecule has 0 aliphatic carbocycles. The molecule has 1 atom stereocenters. The van der Waals surface area contributed by atoms with E-state index < -0.39 is 0 Å². The first kappa shape index (κ1) is 25.8. The van der Waals surface area contributed by atoms with Gasteiger partial charge in [-0.2, -0.15) is 0 Å².